The van der Waals surface area contributed by atoms with Crippen LogP contribution < -0.4 is 4.90 Å². The van der Waals surface area contributed by atoms with Crippen molar-refractivity contribution in [1.82, 2.24) is 4.57 Å². The normalized spacial score (nSPS) is 11.9. The van der Waals surface area contributed by atoms with Crippen molar-refractivity contribution in [3.05, 3.63) is 218 Å². The van der Waals surface area contributed by atoms with Crippen LogP contribution in [0.5, 0.6) is 0 Å². The molecule has 0 saturated heterocycles. The van der Waals surface area contributed by atoms with Gasteiger partial charge in [-0.15, -0.1) is 0 Å². The third kappa shape index (κ3) is 5.20. The molecule has 290 valence electrons. The first-order valence-electron chi connectivity index (χ1n) is 21.1. The van der Waals surface area contributed by atoms with Crippen LogP contribution in [0.1, 0.15) is 0 Å². The summed E-state index contributed by atoms with van der Waals surface area (Å²) in [5.74, 6) is 0. The van der Waals surface area contributed by atoms with Gasteiger partial charge in [0, 0.05) is 55.0 Å². The van der Waals surface area contributed by atoms with E-state index in [1.807, 2.05) is 12.1 Å². The van der Waals surface area contributed by atoms with Crippen molar-refractivity contribution in [1.29, 1.82) is 0 Å². The summed E-state index contributed by atoms with van der Waals surface area (Å²) in [7, 11) is 0. The number of nitrogens with zero attached hydrogens (tertiary/aromatic N) is 2. The lowest BCUT2D eigenvalue weighted by molar-refractivity contribution is 0.669. The molecule has 0 radical (unpaired) electrons. The van der Waals surface area contributed by atoms with Crippen LogP contribution in [0, 0.1) is 0 Å². The van der Waals surface area contributed by atoms with E-state index in [9.17, 15) is 0 Å². The van der Waals surface area contributed by atoms with Crippen LogP contribution in [0.2, 0.25) is 0 Å². The van der Waals surface area contributed by atoms with Gasteiger partial charge in [-0.3, -0.25) is 0 Å². The molecule has 3 heterocycles. The standard InChI is InChI=1S/C58H36N2O2/c1-2-15-39-36-41(33-28-37(39)14-1)59(40-31-29-38(30-32-40)42-21-13-22-47-46-19-6-11-26-54(46)61-57(42)47)53-35-34-48(58-56(53)49-20-7-12-27-55(49)62-58)45-18-5-10-25-52(45)60-50-23-8-3-16-43(50)44-17-4-9-24-51(44)60/h1-36H. The van der Waals surface area contributed by atoms with Crippen LogP contribution in [0.4, 0.5) is 17.1 Å². The molecule has 0 spiro atoms. The van der Waals surface area contributed by atoms with E-state index >= 15 is 0 Å². The zero-order chi connectivity index (χ0) is 40.7. The molecule has 62 heavy (non-hydrogen) atoms. The van der Waals surface area contributed by atoms with E-state index in [1.165, 1.54) is 32.6 Å². The molecule has 4 heteroatoms. The molecule has 13 aromatic rings. The second-order valence-corrected chi connectivity index (χ2v) is 16.0. The summed E-state index contributed by atoms with van der Waals surface area (Å²) in [6, 6.07) is 77.9. The number of rotatable bonds is 6. The van der Waals surface area contributed by atoms with Crippen LogP contribution in [0.15, 0.2) is 227 Å². The summed E-state index contributed by atoms with van der Waals surface area (Å²) >= 11 is 0. The van der Waals surface area contributed by atoms with Gasteiger partial charge in [0.05, 0.1) is 27.8 Å². The Morgan fingerprint density at radius 2 is 0.935 bits per heavy atom. The summed E-state index contributed by atoms with van der Waals surface area (Å²) in [6.45, 7) is 0. The summed E-state index contributed by atoms with van der Waals surface area (Å²) in [6.07, 6.45) is 0. The molecule has 0 aliphatic heterocycles. The van der Waals surface area contributed by atoms with E-state index in [-0.39, 0.29) is 0 Å². The molecule has 0 amide bonds. The first kappa shape index (κ1) is 34.5. The molecule has 4 nitrogen and oxygen atoms in total. The first-order chi connectivity index (χ1) is 30.8. The smallest absolute Gasteiger partial charge is 0.145 e. The van der Waals surface area contributed by atoms with Crippen molar-refractivity contribution in [2.75, 3.05) is 4.90 Å². The van der Waals surface area contributed by atoms with E-state index in [0.717, 1.165) is 88.9 Å². The summed E-state index contributed by atoms with van der Waals surface area (Å²) in [5.41, 5.74) is 14.3. The second-order valence-electron chi connectivity index (χ2n) is 16.0. The molecule has 0 aliphatic rings. The highest BCUT2D eigenvalue weighted by atomic mass is 16.3. The zero-order valence-electron chi connectivity index (χ0n) is 33.5. The average molecular weight is 793 g/mol. The van der Waals surface area contributed by atoms with Gasteiger partial charge in [-0.05, 0) is 83.1 Å². The van der Waals surface area contributed by atoms with Gasteiger partial charge in [-0.1, -0.05) is 152 Å². The van der Waals surface area contributed by atoms with Crippen molar-refractivity contribution in [3.63, 3.8) is 0 Å². The lowest BCUT2D eigenvalue weighted by Crippen LogP contribution is -2.10. The molecular weight excluding hydrogens is 757 g/mol. The van der Waals surface area contributed by atoms with Crippen molar-refractivity contribution in [3.8, 4) is 27.9 Å². The van der Waals surface area contributed by atoms with Crippen LogP contribution in [-0.2, 0) is 0 Å². The Bertz CT molecular complexity index is 3830. The predicted octanol–water partition coefficient (Wildman–Crippen LogP) is 16.5. The number of hydrogen-bond acceptors (Lipinski definition) is 3. The van der Waals surface area contributed by atoms with Crippen molar-refractivity contribution < 1.29 is 8.83 Å². The lowest BCUT2D eigenvalue weighted by atomic mass is 9.97. The van der Waals surface area contributed by atoms with E-state index in [2.05, 4.69) is 216 Å². The van der Waals surface area contributed by atoms with Crippen LogP contribution in [-0.4, -0.2) is 4.57 Å². The van der Waals surface area contributed by atoms with Crippen molar-refractivity contribution >= 4 is 93.5 Å². The Morgan fingerprint density at radius 3 is 1.73 bits per heavy atom. The van der Waals surface area contributed by atoms with Gasteiger partial charge in [-0.25, -0.2) is 0 Å². The summed E-state index contributed by atoms with van der Waals surface area (Å²) in [4.78, 5) is 2.38. The molecule has 0 bridgehead atoms. The van der Waals surface area contributed by atoms with Crippen LogP contribution >= 0.6 is 0 Å². The molecule has 0 aliphatic carbocycles. The Hall–Kier alpha value is -8.34. The minimum absolute atomic E-state index is 0.843. The van der Waals surface area contributed by atoms with E-state index in [0.29, 0.717) is 0 Å². The van der Waals surface area contributed by atoms with Gasteiger partial charge >= 0.3 is 0 Å². The maximum absolute atomic E-state index is 7.01. The average Bonchev–Trinajstić information content (AvgIpc) is 4.02. The number of fused-ring (bicyclic) bond motifs is 10. The minimum Gasteiger partial charge on any atom is -0.455 e. The fraction of sp³-hybridized carbons (Fsp3) is 0. The second kappa shape index (κ2) is 13.6. The molecule has 0 atom stereocenters. The Labute approximate surface area is 356 Å². The Morgan fingerprint density at radius 1 is 0.355 bits per heavy atom. The molecule has 13 rings (SSSR count). The van der Waals surface area contributed by atoms with Gasteiger partial charge in [-0.2, -0.15) is 0 Å². The Kier molecular flexibility index (Phi) is 7.57. The SMILES string of the molecule is c1ccc(-n2c3ccccc3c3ccccc32)c(-c2ccc(N(c3ccc(-c4cccc5c4oc4ccccc45)cc3)c3ccc4ccccc4c3)c3c2oc2ccccc23)c1. The summed E-state index contributed by atoms with van der Waals surface area (Å²) < 4.78 is 15.9. The van der Waals surface area contributed by atoms with E-state index in [4.69, 9.17) is 8.83 Å². The monoisotopic (exact) mass is 792 g/mol. The van der Waals surface area contributed by atoms with Crippen molar-refractivity contribution in [2.45, 2.75) is 0 Å². The molecule has 0 saturated carbocycles. The lowest BCUT2D eigenvalue weighted by Gasteiger charge is -2.27. The topological polar surface area (TPSA) is 34.5 Å². The maximum Gasteiger partial charge on any atom is 0.145 e. The quantitative estimate of drug-likeness (QED) is 0.168. The number of hydrogen-bond donors (Lipinski definition) is 0. The summed E-state index contributed by atoms with van der Waals surface area (Å²) in [5, 5.41) is 9.19. The molecule has 0 unspecified atom stereocenters. The highest BCUT2D eigenvalue weighted by Crippen LogP contribution is 2.48. The fourth-order valence-corrected chi connectivity index (χ4v) is 9.80. The maximum atomic E-state index is 7.01. The van der Waals surface area contributed by atoms with Crippen LogP contribution in [0.3, 0.4) is 0 Å². The predicted molar refractivity (Wildman–Crippen MR) is 258 cm³/mol. The number of furan rings is 2. The molecule has 0 fully saturated rings. The molecule has 10 aromatic carbocycles. The highest BCUT2D eigenvalue weighted by molar-refractivity contribution is 6.18. The molecule has 3 aromatic heterocycles. The van der Waals surface area contributed by atoms with Crippen LogP contribution in [0.25, 0.3) is 104 Å². The number of para-hydroxylation sites is 6. The number of benzene rings is 10. The van der Waals surface area contributed by atoms with E-state index in [1.54, 1.807) is 0 Å². The minimum atomic E-state index is 0.843. The van der Waals surface area contributed by atoms with Gasteiger partial charge in [0.2, 0.25) is 0 Å². The third-order valence-electron chi connectivity index (χ3n) is 12.6. The first-order valence-corrected chi connectivity index (χ1v) is 21.1. The van der Waals surface area contributed by atoms with E-state index < -0.39 is 0 Å². The van der Waals surface area contributed by atoms with Gasteiger partial charge in [0.15, 0.2) is 0 Å². The Balaban J connectivity index is 1.04. The highest BCUT2D eigenvalue weighted by Gasteiger charge is 2.25. The fourth-order valence-electron chi connectivity index (χ4n) is 9.80. The zero-order valence-corrected chi connectivity index (χ0v) is 33.5. The number of aromatic nitrogens is 1. The van der Waals surface area contributed by atoms with Gasteiger partial charge in [0.1, 0.15) is 22.3 Å². The molecular formula is C58H36N2O2. The van der Waals surface area contributed by atoms with Gasteiger partial charge < -0.3 is 18.3 Å². The van der Waals surface area contributed by atoms with Gasteiger partial charge in [0.25, 0.3) is 0 Å². The molecule has 0 N–H and O–H groups in total. The number of anilines is 3. The third-order valence-corrected chi connectivity index (χ3v) is 12.6. The largest absolute Gasteiger partial charge is 0.455 e. The van der Waals surface area contributed by atoms with Crippen molar-refractivity contribution in [2.24, 2.45) is 0 Å².